The molecule has 1 saturated heterocycles. The Morgan fingerprint density at radius 1 is 1.39 bits per heavy atom. The Kier molecular flexibility index (Phi) is 5.64. The molecule has 0 aromatic carbocycles. The van der Waals surface area contributed by atoms with Crippen molar-refractivity contribution in [2.45, 2.75) is 32.4 Å². The van der Waals surface area contributed by atoms with Crippen LogP contribution < -0.4 is 0 Å². The summed E-state index contributed by atoms with van der Waals surface area (Å²) in [5, 5.41) is 4.26. The third kappa shape index (κ3) is 4.94. The Hall–Kier alpha value is -1.60. The fourth-order valence-corrected chi connectivity index (χ4v) is 2.72. The molecule has 1 unspecified atom stereocenters. The molecule has 0 saturated carbocycles. The summed E-state index contributed by atoms with van der Waals surface area (Å²) in [5.41, 5.74) is 0.630. The molecule has 7 heteroatoms. The third-order valence-corrected chi connectivity index (χ3v) is 3.84. The molecular weight excluding hydrogens is 296 g/mol. The van der Waals surface area contributed by atoms with Gasteiger partial charge in [0.15, 0.2) is 0 Å². The summed E-state index contributed by atoms with van der Waals surface area (Å²) in [6.45, 7) is 9.22. The van der Waals surface area contributed by atoms with E-state index in [4.69, 9.17) is 9.47 Å². The van der Waals surface area contributed by atoms with Gasteiger partial charge in [0.25, 0.3) is 0 Å². The van der Waals surface area contributed by atoms with Gasteiger partial charge in [0.2, 0.25) is 0 Å². The molecule has 2 heterocycles. The number of hydrogen-bond donors (Lipinski definition) is 0. The monoisotopic (exact) mass is 324 g/mol. The van der Waals surface area contributed by atoms with Crippen LogP contribution in [0, 0.1) is 0 Å². The van der Waals surface area contributed by atoms with Gasteiger partial charge in [0.05, 0.1) is 18.8 Å². The van der Waals surface area contributed by atoms with E-state index in [0.717, 1.165) is 18.7 Å². The summed E-state index contributed by atoms with van der Waals surface area (Å²) >= 11 is 0. The molecule has 1 aromatic heterocycles. The first-order valence-corrected chi connectivity index (χ1v) is 7.99. The molecule has 0 radical (unpaired) electrons. The van der Waals surface area contributed by atoms with Crippen molar-refractivity contribution in [1.82, 2.24) is 19.6 Å². The van der Waals surface area contributed by atoms with Crippen molar-refractivity contribution in [3.8, 4) is 0 Å². The number of aryl methyl sites for hydroxylation is 1. The maximum atomic E-state index is 12.4. The Balaban J connectivity index is 2.10. The molecule has 0 N–H and O–H groups in total. The highest BCUT2D eigenvalue weighted by molar-refractivity contribution is 5.68. The minimum atomic E-state index is -0.478. The second-order valence-corrected chi connectivity index (χ2v) is 6.92. The van der Waals surface area contributed by atoms with Gasteiger partial charge in [-0.25, -0.2) is 4.79 Å². The fraction of sp³-hybridized carbons (Fsp3) is 0.750. The van der Waals surface area contributed by atoms with Crippen LogP contribution in [0.5, 0.6) is 0 Å². The normalized spacial score (nSPS) is 19.9. The van der Waals surface area contributed by atoms with E-state index in [9.17, 15) is 4.79 Å². The van der Waals surface area contributed by atoms with Gasteiger partial charge >= 0.3 is 6.09 Å². The highest BCUT2D eigenvalue weighted by Gasteiger charge is 2.33. The zero-order valence-electron chi connectivity index (χ0n) is 14.8. The molecular formula is C16H28N4O3. The van der Waals surface area contributed by atoms with Crippen LogP contribution in [-0.2, 0) is 16.5 Å². The number of piperazine rings is 1. The number of amides is 1. The summed E-state index contributed by atoms with van der Waals surface area (Å²) in [4.78, 5) is 16.5. The van der Waals surface area contributed by atoms with Gasteiger partial charge in [0.1, 0.15) is 5.60 Å². The van der Waals surface area contributed by atoms with Crippen molar-refractivity contribution in [1.29, 1.82) is 0 Å². The van der Waals surface area contributed by atoms with Gasteiger partial charge < -0.3 is 14.4 Å². The van der Waals surface area contributed by atoms with Gasteiger partial charge in [-0.15, -0.1) is 0 Å². The molecule has 1 fully saturated rings. The smallest absolute Gasteiger partial charge is 0.410 e. The fourth-order valence-electron chi connectivity index (χ4n) is 2.72. The number of methoxy groups -OCH3 is 1. The zero-order chi connectivity index (χ0) is 17.0. The van der Waals surface area contributed by atoms with Gasteiger partial charge in [-0.2, -0.15) is 5.10 Å². The maximum Gasteiger partial charge on any atom is 0.410 e. The van der Waals surface area contributed by atoms with Crippen LogP contribution in [0.1, 0.15) is 32.4 Å². The van der Waals surface area contributed by atoms with Crippen molar-refractivity contribution in [2.75, 3.05) is 39.9 Å². The average molecular weight is 324 g/mol. The summed E-state index contributed by atoms with van der Waals surface area (Å²) in [6.07, 6.45) is 3.62. The summed E-state index contributed by atoms with van der Waals surface area (Å²) in [5.74, 6) is 0. The number of aromatic nitrogens is 2. The van der Waals surface area contributed by atoms with E-state index in [-0.39, 0.29) is 12.1 Å². The number of carbonyl (C=O) groups excluding carboxylic acids is 1. The Labute approximate surface area is 138 Å². The highest BCUT2D eigenvalue weighted by atomic mass is 16.6. The molecule has 23 heavy (non-hydrogen) atoms. The minimum absolute atomic E-state index is 0.111. The van der Waals surface area contributed by atoms with Crippen LogP contribution in [0.15, 0.2) is 12.4 Å². The first kappa shape index (κ1) is 17.7. The standard InChI is InChI=1S/C16H28N4O3/c1-16(2,3)23-15(21)20-7-6-19(8-9-22-5)14(12-20)13-10-17-18(4)11-13/h10-11,14H,6-9,12H2,1-5H3. The Morgan fingerprint density at radius 2 is 2.13 bits per heavy atom. The lowest BCUT2D eigenvalue weighted by molar-refractivity contribution is -0.000214. The van der Waals surface area contributed by atoms with E-state index >= 15 is 0 Å². The van der Waals surface area contributed by atoms with E-state index in [1.165, 1.54) is 0 Å². The SMILES string of the molecule is COCCN1CCN(C(=O)OC(C)(C)C)CC1c1cnn(C)c1. The van der Waals surface area contributed by atoms with Crippen LogP contribution in [-0.4, -0.2) is 71.2 Å². The number of nitrogens with zero attached hydrogens (tertiary/aromatic N) is 4. The largest absolute Gasteiger partial charge is 0.444 e. The first-order valence-electron chi connectivity index (χ1n) is 7.99. The lowest BCUT2D eigenvalue weighted by Crippen LogP contribution is -2.52. The average Bonchev–Trinajstić information content (AvgIpc) is 2.89. The van der Waals surface area contributed by atoms with Gasteiger partial charge in [0, 0.05) is 52.1 Å². The maximum absolute atomic E-state index is 12.4. The van der Waals surface area contributed by atoms with Gasteiger partial charge in [-0.1, -0.05) is 0 Å². The molecule has 1 amide bonds. The van der Waals surface area contributed by atoms with Crippen LogP contribution >= 0.6 is 0 Å². The van der Waals surface area contributed by atoms with Crippen molar-refractivity contribution in [3.63, 3.8) is 0 Å². The van der Waals surface area contributed by atoms with Crippen molar-refractivity contribution in [2.24, 2.45) is 7.05 Å². The molecule has 0 bridgehead atoms. The van der Waals surface area contributed by atoms with Crippen LogP contribution in [0.4, 0.5) is 4.79 Å². The molecule has 1 aliphatic rings. The van der Waals surface area contributed by atoms with Crippen molar-refractivity contribution in [3.05, 3.63) is 18.0 Å². The molecule has 2 rings (SSSR count). The second kappa shape index (κ2) is 7.31. The van der Waals surface area contributed by atoms with E-state index in [0.29, 0.717) is 19.7 Å². The third-order valence-electron chi connectivity index (χ3n) is 3.84. The van der Waals surface area contributed by atoms with E-state index < -0.39 is 5.60 Å². The van der Waals surface area contributed by atoms with Gasteiger partial charge in [-0.05, 0) is 20.8 Å². The van der Waals surface area contributed by atoms with E-state index in [1.807, 2.05) is 40.2 Å². The Morgan fingerprint density at radius 3 is 2.70 bits per heavy atom. The second-order valence-electron chi connectivity index (χ2n) is 6.92. The van der Waals surface area contributed by atoms with E-state index in [2.05, 4.69) is 10.00 Å². The summed E-state index contributed by atoms with van der Waals surface area (Å²) in [6, 6.07) is 0.111. The first-order chi connectivity index (χ1) is 10.8. The number of carbonyl (C=O) groups is 1. The summed E-state index contributed by atoms with van der Waals surface area (Å²) < 4.78 is 12.5. The van der Waals surface area contributed by atoms with E-state index in [1.54, 1.807) is 16.7 Å². The van der Waals surface area contributed by atoms with Crippen molar-refractivity contribution >= 4 is 6.09 Å². The topological polar surface area (TPSA) is 59.8 Å². The highest BCUT2D eigenvalue weighted by Crippen LogP contribution is 2.26. The minimum Gasteiger partial charge on any atom is -0.444 e. The molecule has 1 aliphatic heterocycles. The number of ether oxygens (including phenoxy) is 2. The molecule has 130 valence electrons. The van der Waals surface area contributed by atoms with Crippen LogP contribution in [0.2, 0.25) is 0 Å². The number of hydrogen-bond acceptors (Lipinski definition) is 5. The molecule has 1 atom stereocenters. The van der Waals surface area contributed by atoms with Gasteiger partial charge in [-0.3, -0.25) is 9.58 Å². The predicted molar refractivity (Wildman–Crippen MR) is 87.2 cm³/mol. The number of rotatable bonds is 4. The lowest BCUT2D eigenvalue weighted by Gasteiger charge is -2.41. The lowest BCUT2D eigenvalue weighted by atomic mass is 10.1. The Bertz CT molecular complexity index is 524. The molecule has 0 aliphatic carbocycles. The molecule has 7 nitrogen and oxygen atoms in total. The summed E-state index contributed by atoms with van der Waals surface area (Å²) in [7, 11) is 3.60. The molecule has 0 spiro atoms. The van der Waals surface area contributed by atoms with Crippen LogP contribution in [0.25, 0.3) is 0 Å². The van der Waals surface area contributed by atoms with Crippen molar-refractivity contribution < 1.29 is 14.3 Å². The molecule has 1 aromatic rings. The predicted octanol–water partition coefficient (Wildman–Crippen LogP) is 1.66. The quantitative estimate of drug-likeness (QED) is 0.843. The van der Waals surface area contributed by atoms with Crippen LogP contribution in [0.3, 0.4) is 0 Å². The zero-order valence-corrected chi connectivity index (χ0v) is 14.8.